The van der Waals surface area contributed by atoms with Crippen LogP contribution in [0.3, 0.4) is 0 Å². The fraction of sp³-hybridized carbons (Fsp3) is 0.923. The molecule has 0 radical (unpaired) electrons. The zero-order valence-electron chi connectivity index (χ0n) is 10.6. The number of unbranched alkanes of at least 4 members (excludes halogenated alkanes) is 1. The Labute approximate surface area is 98.8 Å². The highest BCUT2D eigenvalue weighted by Crippen LogP contribution is 2.20. The smallest absolute Gasteiger partial charge is 0.320 e. The van der Waals surface area contributed by atoms with Crippen LogP contribution in [0.5, 0.6) is 0 Å². The fourth-order valence-electron chi connectivity index (χ4n) is 2.46. The number of nitrogens with zero attached hydrogens (tertiary/aromatic N) is 1. The van der Waals surface area contributed by atoms with E-state index in [1.165, 1.54) is 6.42 Å². The number of likely N-dealkylation sites (tertiary alicyclic amines) is 1. The van der Waals surface area contributed by atoms with Crippen molar-refractivity contribution in [2.45, 2.75) is 58.4 Å². The Morgan fingerprint density at radius 1 is 1.44 bits per heavy atom. The molecular formula is C13H25NO2. The molecule has 0 aromatic heterocycles. The van der Waals surface area contributed by atoms with Gasteiger partial charge in [0.15, 0.2) is 0 Å². The Balaban J connectivity index is 2.51. The van der Waals surface area contributed by atoms with Gasteiger partial charge in [-0.2, -0.15) is 0 Å². The molecule has 0 aromatic rings. The lowest BCUT2D eigenvalue weighted by atomic mass is 10.0. The summed E-state index contributed by atoms with van der Waals surface area (Å²) in [7, 11) is 0. The molecule has 0 bridgehead atoms. The zero-order valence-corrected chi connectivity index (χ0v) is 10.6. The van der Waals surface area contributed by atoms with Crippen LogP contribution in [0, 0.1) is 5.92 Å². The summed E-state index contributed by atoms with van der Waals surface area (Å²) in [5.74, 6) is 0.119. The first-order valence-electron chi connectivity index (χ1n) is 6.62. The summed E-state index contributed by atoms with van der Waals surface area (Å²) in [5, 5.41) is 9.27. The van der Waals surface area contributed by atoms with E-state index in [-0.39, 0.29) is 6.04 Å². The summed E-state index contributed by atoms with van der Waals surface area (Å²) < 4.78 is 0. The highest BCUT2D eigenvalue weighted by atomic mass is 16.4. The Morgan fingerprint density at radius 2 is 2.19 bits per heavy atom. The molecule has 1 N–H and O–H groups in total. The van der Waals surface area contributed by atoms with Gasteiger partial charge in [-0.15, -0.1) is 0 Å². The molecule has 1 heterocycles. The maximum Gasteiger partial charge on any atom is 0.320 e. The fourth-order valence-corrected chi connectivity index (χ4v) is 2.46. The molecule has 0 spiro atoms. The van der Waals surface area contributed by atoms with E-state index in [4.69, 9.17) is 0 Å². The predicted octanol–water partition coefficient (Wildman–Crippen LogP) is 2.75. The Kier molecular flexibility index (Phi) is 5.81. The number of rotatable bonds is 5. The molecule has 0 amide bonds. The first-order chi connectivity index (χ1) is 7.65. The molecule has 1 aliphatic heterocycles. The van der Waals surface area contributed by atoms with E-state index in [0.29, 0.717) is 0 Å². The third kappa shape index (κ3) is 4.12. The van der Waals surface area contributed by atoms with Gasteiger partial charge in [-0.1, -0.05) is 26.7 Å². The maximum atomic E-state index is 11.3. The highest BCUT2D eigenvalue weighted by Gasteiger charge is 2.26. The van der Waals surface area contributed by atoms with Crippen LogP contribution >= 0.6 is 0 Å². The highest BCUT2D eigenvalue weighted by molar-refractivity contribution is 5.73. The van der Waals surface area contributed by atoms with Gasteiger partial charge in [-0.05, 0) is 44.7 Å². The average molecular weight is 227 g/mol. The van der Waals surface area contributed by atoms with Crippen LogP contribution in [0.25, 0.3) is 0 Å². The van der Waals surface area contributed by atoms with E-state index in [2.05, 4.69) is 18.7 Å². The number of carboxylic acid groups (broad SMARTS) is 1. The van der Waals surface area contributed by atoms with Gasteiger partial charge in [0.25, 0.3) is 0 Å². The van der Waals surface area contributed by atoms with Gasteiger partial charge in [-0.3, -0.25) is 9.69 Å². The summed E-state index contributed by atoms with van der Waals surface area (Å²) in [6.45, 7) is 6.31. The van der Waals surface area contributed by atoms with Crippen molar-refractivity contribution in [3.63, 3.8) is 0 Å². The molecule has 94 valence electrons. The Morgan fingerprint density at radius 3 is 2.81 bits per heavy atom. The van der Waals surface area contributed by atoms with E-state index in [9.17, 15) is 9.90 Å². The molecule has 1 rings (SSSR count). The van der Waals surface area contributed by atoms with Crippen LogP contribution in [0.15, 0.2) is 0 Å². The quantitative estimate of drug-likeness (QED) is 0.785. The second kappa shape index (κ2) is 6.89. The van der Waals surface area contributed by atoms with Crippen LogP contribution < -0.4 is 0 Å². The first-order valence-corrected chi connectivity index (χ1v) is 6.62. The Bertz CT molecular complexity index is 218. The van der Waals surface area contributed by atoms with E-state index in [1.54, 1.807) is 0 Å². The molecular weight excluding hydrogens is 202 g/mol. The molecule has 1 saturated heterocycles. The van der Waals surface area contributed by atoms with Crippen LogP contribution in [-0.2, 0) is 4.79 Å². The van der Waals surface area contributed by atoms with Crippen molar-refractivity contribution in [3.8, 4) is 0 Å². The van der Waals surface area contributed by atoms with E-state index in [1.807, 2.05) is 0 Å². The van der Waals surface area contributed by atoms with E-state index >= 15 is 0 Å². The van der Waals surface area contributed by atoms with Crippen molar-refractivity contribution in [1.29, 1.82) is 0 Å². The zero-order chi connectivity index (χ0) is 12.0. The molecule has 3 nitrogen and oxygen atoms in total. The summed E-state index contributed by atoms with van der Waals surface area (Å²) in [5.41, 5.74) is 0. The lowest BCUT2D eigenvalue weighted by Gasteiger charge is -2.27. The lowest BCUT2D eigenvalue weighted by molar-refractivity contribution is -0.143. The predicted molar refractivity (Wildman–Crippen MR) is 65.5 cm³/mol. The SMILES string of the molecule is CCCCC(C(=O)O)N1CCCC(C)CC1. The van der Waals surface area contributed by atoms with Crippen molar-refractivity contribution >= 4 is 5.97 Å². The summed E-state index contributed by atoms with van der Waals surface area (Å²) >= 11 is 0. The minimum atomic E-state index is -0.636. The van der Waals surface area contributed by atoms with Crippen molar-refractivity contribution < 1.29 is 9.90 Å². The van der Waals surface area contributed by atoms with Gasteiger partial charge in [0.05, 0.1) is 0 Å². The van der Waals surface area contributed by atoms with Crippen LogP contribution in [-0.4, -0.2) is 35.1 Å². The van der Waals surface area contributed by atoms with E-state index in [0.717, 1.165) is 51.1 Å². The molecule has 0 aromatic carbocycles. The second-order valence-corrected chi connectivity index (χ2v) is 5.07. The molecule has 1 fully saturated rings. The van der Waals surface area contributed by atoms with Crippen LogP contribution in [0.4, 0.5) is 0 Å². The minimum Gasteiger partial charge on any atom is -0.480 e. The molecule has 1 aliphatic rings. The number of hydrogen-bond acceptors (Lipinski definition) is 2. The maximum absolute atomic E-state index is 11.3. The number of carboxylic acids is 1. The monoisotopic (exact) mass is 227 g/mol. The topological polar surface area (TPSA) is 40.5 Å². The van der Waals surface area contributed by atoms with Gasteiger partial charge in [0, 0.05) is 0 Å². The van der Waals surface area contributed by atoms with Gasteiger partial charge in [0.1, 0.15) is 6.04 Å². The van der Waals surface area contributed by atoms with Gasteiger partial charge in [0.2, 0.25) is 0 Å². The molecule has 2 unspecified atom stereocenters. The third-order valence-electron chi connectivity index (χ3n) is 3.61. The first kappa shape index (κ1) is 13.5. The van der Waals surface area contributed by atoms with Gasteiger partial charge >= 0.3 is 5.97 Å². The lowest BCUT2D eigenvalue weighted by Crippen LogP contribution is -2.41. The van der Waals surface area contributed by atoms with E-state index < -0.39 is 5.97 Å². The molecule has 0 aliphatic carbocycles. The van der Waals surface area contributed by atoms with Crippen molar-refractivity contribution in [2.24, 2.45) is 5.92 Å². The molecule has 3 heteroatoms. The van der Waals surface area contributed by atoms with Gasteiger partial charge in [-0.25, -0.2) is 0 Å². The summed E-state index contributed by atoms with van der Waals surface area (Å²) in [6, 6.07) is -0.245. The van der Waals surface area contributed by atoms with Gasteiger partial charge < -0.3 is 5.11 Å². The molecule has 2 atom stereocenters. The number of hydrogen-bond donors (Lipinski definition) is 1. The van der Waals surface area contributed by atoms with Crippen molar-refractivity contribution in [2.75, 3.05) is 13.1 Å². The Hall–Kier alpha value is -0.570. The molecule has 16 heavy (non-hydrogen) atoms. The standard InChI is InChI=1S/C13H25NO2/c1-3-4-7-12(13(15)16)14-9-5-6-11(2)8-10-14/h11-12H,3-10H2,1-2H3,(H,15,16). The third-order valence-corrected chi connectivity index (χ3v) is 3.61. The molecule has 0 saturated carbocycles. The van der Waals surface area contributed by atoms with Crippen molar-refractivity contribution in [3.05, 3.63) is 0 Å². The largest absolute Gasteiger partial charge is 0.480 e. The number of aliphatic carboxylic acids is 1. The van der Waals surface area contributed by atoms with Crippen LogP contribution in [0.1, 0.15) is 52.4 Å². The average Bonchev–Trinajstić information content (AvgIpc) is 2.44. The number of carbonyl (C=O) groups is 1. The second-order valence-electron chi connectivity index (χ2n) is 5.07. The van der Waals surface area contributed by atoms with Crippen LogP contribution in [0.2, 0.25) is 0 Å². The minimum absolute atomic E-state index is 0.245. The normalized spacial score (nSPS) is 25.0. The van der Waals surface area contributed by atoms with Crippen molar-refractivity contribution in [1.82, 2.24) is 4.90 Å². The summed E-state index contributed by atoms with van der Waals surface area (Å²) in [6.07, 6.45) is 6.45. The summed E-state index contributed by atoms with van der Waals surface area (Å²) in [4.78, 5) is 13.4.